The maximum atomic E-state index is 13.4. The molecule has 4 rings (SSSR count). The maximum absolute atomic E-state index is 13.4. The molecule has 0 radical (unpaired) electrons. The molecule has 1 heterocycles. The van der Waals surface area contributed by atoms with Gasteiger partial charge in [0.15, 0.2) is 0 Å². The van der Waals surface area contributed by atoms with Gasteiger partial charge in [0.1, 0.15) is 6.04 Å². The lowest BCUT2D eigenvalue weighted by atomic mass is 9.85. The van der Waals surface area contributed by atoms with Gasteiger partial charge in [-0.15, -0.1) is 0 Å². The van der Waals surface area contributed by atoms with Crippen molar-refractivity contribution in [1.82, 2.24) is 4.31 Å². The Labute approximate surface area is 174 Å². The van der Waals surface area contributed by atoms with Crippen LogP contribution < -0.4 is 0 Å². The molecule has 8 nitrogen and oxygen atoms in total. The number of nitro benzene ring substituents is 1. The van der Waals surface area contributed by atoms with E-state index in [1.165, 1.54) is 28.6 Å². The average Bonchev–Trinajstić information content (AvgIpc) is 3.15. The van der Waals surface area contributed by atoms with Crippen LogP contribution in [0.25, 0.3) is 11.1 Å². The van der Waals surface area contributed by atoms with Crippen molar-refractivity contribution >= 4 is 21.7 Å². The molecule has 3 atom stereocenters. The number of carboxylic acids is 1. The Bertz CT molecular complexity index is 1070. The monoisotopic (exact) mass is 430 g/mol. The first kappa shape index (κ1) is 20.5. The second-order valence-electron chi connectivity index (χ2n) is 7.86. The van der Waals surface area contributed by atoms with Gasteiger partial charge < -0.3 is 5.11 Å². The van der Waals surface area contributed by atoms with E-state index in [-0.39, 0.29) is 22.5 Å². The van der Waals surface area contributed by atoms with E-state index < -0.39 is 27.0 Å². The van der Waals surface area contributed by atoms with Gasteiger partial charge in [0.2, 0.25) is 10.0 Å². The number of fused-ring (bicyclic) bond motifs is 1. The summed E-state index contributed by atoms with van der Waals surface area (Å²) in [4.78, 5) is 22.2. The number of hydrogen-bond acceptors (Lipinski definition) is 5. The zero-order valence-electron chi connectivity index (χ0n) is 16.2. The van der Waals surface area contributed by atoms with E-state index in [4.69, 9.17) is 0 Å². The minimum absolute atomic E-state index is 0.0197. The Morgan fingerprint density at radius 3 is 2.13 bits per heavy atom. The van der Waals surface area contributed by atoms with Crippen LogP contribution in [0.2, 0.25) is 0 Å². The van der Waals surface area contributed by atoms with E-state index in [0.717, 1.165) is 30.4 Å². The number of nitro groups is 1. The molecular formula is C21H22N2O6S. The number of carbonyl (C=O) groups is 1. The third kappa shape index (κ3) is 3.59. The number of nitrogens with zero attached hydrogens (tertiary/aromatic N) is 2. The van der Waals surface area contributed by atoms with Gasteiger partial charge in [-0.25, -0.2) is 8.42 Å². The third-order valence-corrected chi connectivity index (χ3v) is 8.10. The molecule has 158 valence electrons. The molecule has 1 aliphatic carbocycles. The molecule has 2 aromatic rings. The Kier molecular flexibility index (Phi) is 5.33. The molecule has 2 aromatic carbocycles. The van der Waals surface area contributed by atoms with Crippen LogP contribution in [0, 0.1) is 16.0 Å². The van der Waals surface area contributed by atoms with E-state index in [2.05, 4.69) is 0 Å². The van der Waals surface area contributed by atoms with E-state index in [0.29, 0.717) is 12.8 Å². The number of sulfonamides is 1. The zero-order valence-corrected chi connectivity index (χ0v) is 17.0. The molecule has 9 heteroatoms. The van der Waals surface area contributed by atoms with Gasteiger partial charge in [0.25, 0.3) is 5.69 Å². The van der Waals surface area contributed by atoms with Crippen LogP contribution in [-0.4, -0.2) is 40.8 Å². The normalized spacial score (nSPS) is 24.3. The van der Waals surface area contributed by atoms with Crippen LogP contribution in [-0.2, 0) is 14.8 Å². The summed E-state index contributed by atoms with van der Waals surface area (Å²) in [7, 11) is -3.96. The minimum Gasteiger partial charge on any atom is -0.480 e. The summed E-state index contributed by atoms with van der Waals surface area (Å²) in [6.07, 6.45) is 3.82. The van der Waals surface area contributed by atoms with E-state index >= 15 is 0 Å². The van der Waals surface area contributed by atoms with Crippen LogP contribution in [0.1, 0.15) is 32.1 Å². The van der Waals surface area contributed by atoms with Crippen LogP contribution in [0.15, 0.2) is 53.4 Å². The fourth-order valence-electron chi connectivity index (χ4n) is 4.69. The standard InChI is InChI=1S/C21H22N2O6S/c24-21(25)20-13-16-3-1-2-4-19(16)22(20)30(28,29)18-11-7-15(8-12-18)14-5-9-17(10-6-14)23(26)27/h5-12,16,19-20H,1-4,13H2,(H,24,25)/t16-,19-,20+/m0/s1. The smallest absolute Gasteiger partial charge is 0.322 e. The Morgan fingerprint density at radius 1 is 1.00 bits per heavy atom. The van der Waals surface area contributed by atoms with Crippen molar-refractivity contribution in [2.75, 3.05) is 0 Å². The SMILES string of the molecule is O=C(O)[C@H]1C[C@@H]2CCCC[C@@H]2N1S(=O)(=O)c1ccc(-c2ccc([N+](=O)[O-])cc2)cc1. The number of carboxylic acid groups (broad SMARTS) is 1. The number of benzene rings is 2. The molecule has 30 heavy (non-hydrogen) atoms. The second kappa shape index (κ2) is 7.81. The molecule has 1 saturated carbocycles. The van der Waals surface area contributed by atoms with Crippen molar-refractivity contribution in [3.63, 3.8) is 0 Å². The number of hydrogen-bond donors (Lipinski definition) is 1. The quantitative estimate of drug-likeness (QED) is 0.571. The van der Waals surface area contributed by atoms with Crippen LogP contribution >= 0.6 is 0 Å². The second-order valence-corrected chi connectivity index (χ2v) is 9.71. The third-order valence-electron chi connectivity index (χ3n) is 6.16. The van der Waals surface area contributed by atoms with Crippen LogP contribution in [0.3, 0.4) is 0 Å². The number of rotatable bonds is 5. The summed E-state index contributed by atoms with van der Waals surface area (Å²) < 4.78 is 27.9. The van der Waals surface area contributed by atoms with E-state index in [9.17, 15) is 28.4 Å². The summed E-state index contributed by atoms with van der Waals surface area (Å²) in [5.74, 6) is -1.01. The molecule has 0 unspecified atom stereocenters. The summed E-state index contributed by atoms with van der Waals surface area (Å²) in [5, 5.41) is 20.4. The number of aliphatic carboxylic acids is 1. The molecule has 2 fully saturated rings. The van der Waals surface area contributed by atoms with E-state index in [1.807, 2.05) is 0 Å². The van der Waals surface area contributed by atoms with Crippen LogP contribution in [0.4, 0.5) is 5.69 Å². The van der Waals surface area contributed by atoms with Gasteiger partial charge in [-0.3, -0.25) is 14.9 Å². The molecule has 0 bridgehead atoms. The Morgan fingerprint density at radius 2 is 1.57 bits per heavy atom. The highest BCUT2D eigenvalue weighted by Gasteiger charge is 2.51. The van der Waals surface area contributed by atoms with Crippen molar-refractivity contribution in [2.24, 2.45) is 5.92 Å². The van der Waals surface area contributed by atoms with Gasteiger partial charge in [0.05, 0.1) is 9.82 Å². The minimum atomic E-state index is -3.96. The Hall–Kier alpha value is -2.78. The predicted octanol–water partition coefficient (Wildman–Crippen LogP) is 3.67. The highest BCUT2D eigenvalue weighted by atomic mass is 32.2. The van der Waals surface area contributed by atoms with Crippen LogP contribution in [0.5, 0.6) is 0 Å². The number of non-ortho nitro benzene ring substituents is 1. The van der Waals surface area contributed by atoms with Crippen molar-refractivity contribution in [2.45, 2.75) is 49.1 Å². The van der Waals surface area contributed by atoms with Gasteiger partial charge in [-0.2, -0.15) is 4.31 Å². The lowest BCUT2D eigenvalue weighted by Gasteiger charge is -2.32. The average molecular weight is 430 g/mol. The van der Waals surface area contributed by atoms with Gasteiger partial charge in [0, 0.05) is 18.2 Å². The summed E-state index contributed by atoms with van der Waals surface area (Å²) in [6, 6.07) is 10.9. The van der Waals surface area contributed by atoms with Crippen molar-refractivity contribution in [3.05, 3.63) is 58.6 Å². The van der Waals surface area contributed by atoms with Gasteiger partial charge >= 0.3 is 5.97 Å². The summed E-state index contributed by atoms with van der Waals surface area (Å²) in [6.45, 7) is 0. The van der Waals surface area contributed by atoms with Gasteiger partial charge in [-0.1, -0.05) is 25.0 Å². The zero-order chi connectivity index (χ0) is 21.5. The molecular weight excluding hydrogens is 408 g/mol. The first-order chi connectivity index (χ1) is 14.3. The molecule has 2 aliphatic rings. The predicted molar refractivity (Wildman–Crippen MR) is 109 cm³/mol. The van der Waals surface area contributed by atoms with Crippen molar-refractivity contribution in [1.29, 1.82) is 0 Å². The summed E-state index contributed by atoms with van der Waals surface area (Å²) in [5.41, 5.74) is 1.42. The molecule has 0 spiro atoms. The first-order valence-corrected chi connectivity index (χ1v) is 11.3. The first-order valence-electron chi connectivity index (χ1n) is 9.90. The lowest BCUT2D eigenvalue weighted by molar-refractivity contribution is -0.384. The van der Waals surface area contributed by atoms with E-state index in [1.54, 1.807) is 24.3 Å². The fraction of sp³-hybridized carbons (Fsp3) is 0.381. The summed E-state index contributed by atoms with van der Waals surface area (Å²) >= 11 is 0. The topological polar surface area (TPSA) is 118 Å². The highest BCUT2D eigenvalue weighted by molar-refractivity contribution is 7.89. The molecule has 1 saturated heterocycles. The highest BCUT2D eigenvalue weighted by Crippen LogP contribution is 2.43. The molecule has 0 aromatic heterocycles. The maximum Gasteiger partial charge on any atom is 0.322 e. The fourth-order valence-corrected chi connectivity index (χ4v) is 6.56. The van der Waals surface area contributed by atoms with Gasteiger partial charge in [-0.05, 0) is 60.6 Å². The largest absolute Gasteiger partial charge is 0.480 e. The Balaban J connectivity index is 1.64. The molecule has 1 aliphatic heterocycles. The van der Waals surface area contributed by atoms with Crippen molar-refractivity contribution in [3.8, 4) is 11.1 Å². The lowest BCUT2D eigenvalue weighted by Crippen LogP contribution is -2.46. The van der Waals surface area contributed by atoms with Crippen molar-refractivity contribution < 1.29 is 23.2 Å². The molecule has 1 N–H and O–H groups in total. The molecule has 0 amide bonds.